The Morgan fingerprint density at radius 2 is 1.89 bits per heavy atom. The van der Waals surface area contributed by atoms with Gasteiger partial charge in [0.2, 0.25) is 0 Å². The molecule has 2 rings (SSSR count). The number of phenolic OH excluding ortho intramolecular Hbond substituents is 1. The molecule has 27 heavy (non-hydrogen) atoms. The first kappa shape index (κ1) is 20.3. The third-order valence-corrected chi connectivity index (χ3v) is 3.84. The van der Waals surface area contributed by atoms with E-state index in [-0.39, 0.29) is 24.2 Å². The van der Waals surface area contributed by atoms with Crippen molar-refractivity contribution in [3.63, 3.8) is 0 Å². The number of ether oxygens (including phenoxy) is 2. The molecule has 144 valence electrons. The molecule has 0 aliphatic carbocycles. The number of carbonyl (C=O) groups excluding carboxylic acids is 2. The second-order valence-electron chi connectivity index (χ2n) is 5.64. The first-order chi connectivity index (χ1) is 13.0. The topological polar surface area (TPSA) is 105 Å². The predicted molar refractivity (Wildman–Crippen MR) is 93.7 cm³/mol. The van der Waals surface area contributed by atoms with Gasteiger partial charge in [0, 0.05) is 25.7 Å². The molecule has 0 fully saturated rings. The second-order valence-corrected chi connectivity index (χ2v) is 5.64. The van der Waals surface area contributed by atoms with Gasteiger partial charge in [0.15, 0.2) is 17.7 Å². The van der Waals surface area contributed by atoms with Crippen molar-refractivity contribution in [3.8, 4) is 5.75 Å². The highest BCUT2D eigenvalue weighted by Crippen LogP contribution is 2.28. The van der Waals surface area contributed by atoms with Crippen LogP contribution in [0.2, 0.25) is 0 Å². The summed E-state index contributed by atoms with van der Waals surface area (Å²) in [5.41, 5.74) is 0.466. The Morgan fingerprint density at radius 1 is 1.19 bits per heavy atom. The Labute approximate surface area is 155 Å². The van der Waals surface area contributed by atoms with Crippen molar-refractivity contribution in [1.29, 1.82) is 0 Å². The van der Waals surface area contributed by atoms with Gasteiger partial charge < -0.3 is 19.7 Å². The number of hydrogen-bond acceptors (Lipinski definition) is 6. The zero-order valence-corrected chi connectivity index (χ0v) is 14.6. The molecule has 0 unspecified atom stereocenters. The lowest BCUT2D eigenvalue weighted by molar-refractivity contribution is -0.0338. The fourth-order valence-electron chi connectivity index (χ4n) is 2.48. The molecule has 7 nitrogen and oxygen atoms in total. The number of rotatable bonds is 7. The van der Waals surface area contributed by atoms with Gasteiger partial charge in [-0.25, -0.2) is 9.18 Å². The van der Waals surface area contributed by atoms with Crippen molar-refractivity contribution in [2.24, 2.45) is 0 Å². The van der Waals surface area contributed by atoms with Crippen LogP contribution in [0.4, 0.5) is 9.18 Å². The van der Waals surface area contributed by atoms with Crippen LogP contribution in [-0.4, -0.2) is 42.0 Å². The molecule has 3 N–H and O–H groups in total. The maximum atomic E-state index is 13.7. The number of halogens is 1. The number of amides is 2. The van der Waals surface area contributed by atoms with Crippen LogP contribution >= 0.6 is 0 Å². The number of nitrogens with one attached hydrogen (secondary N) is 1. The highest BCUT2D eigenvalue weighted by Gasteiger charge is 2.28. The van der Waals surface area contributed by atoms with E-state index in [4.69, 9.17) is 9.47 Å². The summed E-state index contributed by atoms with van der Waals surface area (Å²) in [6.45, 7) is -0.260. The Bertz CT molecular complexity index is 783. The highest BCUT2D eigenvalue weighted by atomic mass is 19.1. The molecular weight excluding hydrogens is 357 g/mol. The molecule has 0 heterocycles. The number of aromatic hydroxyl groups is 1. The third-order valence-electron chi connectivity index (χ3n) is 3.84. The van der Waals surface area contributed by atoms with Gasteiger partial charge >= 0.3 is 6.09 Å². The Balaban J connectivity index is 2.18. The van der Waals surface area contributed by atoms with E-state index in [1.54, 1.807) is 18.2 Å². The molecule has 8 heteroatoms. The summed E-state index contributed by atoms with van der Waals surface area (Å²) < 4.78 is 24.2. The van der Waals surface area contributed by atoms with Crippen LogP contribution in [0.25, 0.3) is 0 Å². The Hall–Kier alpha value is -2.97. The van der Waals surface area contributed by atoms with E-state index in [1.807, 2.05) is 0 Å². The lowest BCUT2D eigenvalue weighted by Crippen LogP contribution is -2.35. The van der Waals surface area contributed by atoms with Crippen molar-refractivity contribution >= 4 is 12.0 Å². The van der Waals surface area contributed by atoms with E-state index < -0.39 is 35.8 Å². The van der Waals surface area contributed by atoms with Crippen molar-refractivity contribution < 1.29 is 33.7 Å². The molecule has 0 saturated carbocycles. The summed E-state index contributed by atoms with van der Waals surface area (Å²) in [6.07, 6.45) is -2.86. The van der Waals surface area contributed by atoms with Gasteiger partial charge in [-0.1, -0.05) is 24.3 Å². The Morgan fingerprint density at radius 3 is 2.48 bits per heavy atom. The molecule has 0 saturated heterocycles. The molecular formula is C19H20FNO6. The van der Waals surface area contributed by atoms with E-state index >= 15 is 0 Å². The zero-order valence-electron chi connectivity index (χ0n) is 14.6. The first-order valence-corrected chi connectivity index (χ1v) is 8.15. The number of methoxy groups -OCH3 is 1. The average molecular weight is 377 g/mol. The molecule has 0 aliphatic heterocycles. The average Bonchev–Trinajstić information content (AvgIpc) is 2.67. The third kappa shape index (κ3) is 5.50. The van der Waals surface area contributed by atoms with Gasteiger partial charge in [-0.15, -0.1) is 0 Å². The van der Waals surface area contributed by atoms with Crippen LogP contribution in [0.1, 0.15) is 28.4 Å². The van der Waals surface area contributed by atoms with Crippen LogP contribution in [0, 0.1) is 5.82 Å². The number of phenols is 1. The maximum absolute atomic E-state index is 13.7. The van der Waals surface area contributed by atoms with Gasteiger partial charge in [0.25, 0.3) is 5.91 Å². The molecule has 2 aromatic rings. The zero-order chi connectivity index (χ0) is 19.8. The molecule has 0 spiro atoms. The minimum atomic E-state index is -1.11. The standard InChI is InChI=1S/C19H20FNO6/c1-26-16(9-10-22)17(13-7-8-15(23)14(20)11-13)27-19(25)21-18(24)12-5-3-2-4-6-12/h2-8,11,16-17,22-23H,9-10H2,1H3,(H,21,24,25)/t16-,17-/m1/s1. The van der Waals surface area contributed by atoms with Gasteiger partial charge in [0.05, 0.1) is 0 Å². The summed E-state index contributed by atoms with van der Waals surface area (Å²) in [7, 11) is 1.35. The van der Waals surface area contributed by atoms with Crippen LogP contribution in [0.5, 0.6) is 5.75 Å². The van der Waals surface area contributed by atoms with Crippen LogP contribution in [0.3, 0.4) is 0 Å². The van der Waals surface area contributed by atoms with E-state index in [0.29, 0.717) is 0 Å². The second kappa shape index (κ2) is 9.65. The van der Waals surface area contributed by atoms with E-state index in [1.165, 1.54) is 25.3 Å². The lowest BCUT2D eigenvalue weighted by Gasteiger charge is -2.26. The summed E-state index contributed by atoms with van der Waals surface area (Å²) in [5.74, 6) is -2.12. The Kier molecular flexibility index (Phi) is 7.27. The maximum Gasteiger partial charge on any atom is 0.414 e. The number of alkyl carbamates (subject to hydrolysis) is 1. The fraction of sp³-hybridized carbons (Fsp3) is 0.263. The smallest absolute Gasteiger partial charge is 0.414 e. The monoisotopic (exact) mass is 377 g/mol. The van der Waals surface area contributed by atoms with Gasteiger partial charge in [-0.2, -0.15) is 0 Å². The largest absolute Gasteiger partial charge is 0.505 e. The quantitative estimate of drug-likeness (QED) is 0.685. The first-order valence-electron chi connectivity index (χ1n) is 8.15. The number of hydrogen-bond donors (Lipinski definition) is 3. The van der Waals surface area contributed by atoms with Crippen molar-refractivity contribution in [2.75, 3.05) is 13.7 Å². The SMILES string of the molecule is CO[C@H](CCO)[C@H](OC(=O)NC(=O)c1ccccc1)c1ccc(O)c(F)c1. The van der Waals surface area contributed by atoms with Crippen LogP contribution in [-0.2, 0) is 9.47 Å². The van der Waals surface area contributed by atoms with E-state index in [9.17, 15) is 24.2 Å². The fourth-order valence-corrected chi connectivity index (χ4v) is 2.48. The highest BCUT2D eigenvalue weighted by molar-refractivity contribution is 6.02. The van der Waals surface area contributed by atoms with E-state index in [0.717, 1.165) is 12.1 Å². The molecule has 2 aromatic carbocycles. The minimum absolute atomic E-state index is 0.101. The number of carbonyl (C=O) groups is 2. The summed E-state index contributed by atoms with van der Waals surface area (Å²) in [6, 6.07) is 11.5. The normalized spacial score (nSPS) is 12.9. The number of imide groups is 1. The molecule has 0 aliphatic rings. The van der Waals surface area contributed by atoms with Crippen LogP contribution < -0.4 is 5.32 Å². The van der Waals surface area contributed by atoms with Gasteiger partial charge in [-0.05, 0) is 29.8 Å². The number of benzene rings is 2. The van der Waals surface area contributed by atoms with Gasteiger partial charge in [-0.3, -0.25) is 10.1 Å². The van der Waals surface area contributed by atoms with Crippen molar-refractivity contribution in [2.45, 2.75) is 18.6 Å². The summed E-state index contributed by atoms with van der Waals surface area (Å²) >= 11 is 0. The van der Waals surface area contributed by atoms with E-state index in [2.05, 4.69) is 5.32 Å². The summed E-state index contributed by atoms with van der Waals surface area (Å²) in [5, 5.41) is 20.6. The molecule has 0 bridgehead atoms. The lowest BCUT2D eigenvalue weighted by atomic mass is 10.0. The molecule has 2 amide bonds. The molecule has 0 aromatic heterocycles. The van der Waals surface area contributed by atoms with Crippen molar-refractivity contribution in [3.05, 3.63) is 65.5 Å². The molecule has 0 radical (unpaired) electrons. The minimum Gasteiger partial charge on any atom is -0.505 e. The van der Waals surface area contributed by atoms with Crippen LogP contribution in [0.15, 0.2) is 48.5 Å². The number of aliphatic hydroxyl groups excluding tert-OH is 1. The van der Waals surface area contributed by atoms with Crippen molar-refractivity contribution in [1.82, 2.24) is 5.32 Å². The predicted octanol–water partition coefficient (Wildman–Crippen LogP) is 2.54. The molecule has 2 atom stereocenters. The number of aliphatic hydroxyl groups is 1. The van der Waals surface area contributed by atoms with Gasteiger partial charge in [0.1, 0.15) is 6.10 Å². The summed E-state index contributed by atoms with van der Waals surface area (Å²) in [4.78, 5) is 24.2.